The highest BCUT2D eigenvalue weighted by Crippen LogP contribution is 2.35. The van der Waals surface area contributed by atoms with Crippen LogP contribution in [0.5, 0.6) is 5.75 Å². The maximum Gasteiger partial charge on any atom is 0.335 e. The Morgan fingerprint density at radius 1 is 0.926 bits per heavy atom. The molecular weight excluding hydrogens is 407 g/mol. The van der Waals surface area contributed by atoms with Crippen LogP contribution in [0.4, 0.5) is 0 Å². The van der Waals surface area contributed by atoms with Crippen LogP contribution in [-0.2, 0) is 0 Å². The first kappa shape index (κ1) is 19.6. The van der Waals surface area contributed by atoms with Gasteiger partial charge in [0.2, 0.25) is 0 Å². The van der Waals surface area contributed by atoms with Crippen molar-refractivity contribution >= 4 is 40.8 Å². The van der Waals surface area contributed by atoms with Gasteiger partial charge in [-0.2, -0.15) is 0 Å². The Morgan fingerprint density at radius 2 is 1.59 bits per heavy atom. The molecule has 1 N–H and O–H groups in total. The number of benzene rings is 3. The van der Waals surface area contributed by atoms with Gasteiger partial charge in [0.05, 0.1) is 5.56 Å². The smallest absolute Gasteiger partial charge is 0.335 e. The number of ether oxygens (including phenoxy) is 1. The van der Waals surface area contributed by atoms with E-state index < -0.39 is 12.1 Å². The molecular formula is C21H15Cl3O3. The molecule has 27 heavy (non-hydrogen) atoms. The number of carboxylic acids is 1. The highest BCUT2D eigenvalue weighted by Gasteiger charge is 2.21. The average molecular weight is 422 g/mol. The van der Waals surface area contributed by atoms with Crippen LogP contribution >= 0.6 is 34.8 Å². The van der Waals surface area contributed by atoms with E-state index in [1.807, 2.05) is 18.2 Å². The van der Waals surface area contributed by atoms with Gasteiger partial charge in [0, 0.05) is 20.6 Å². The largest absolute Gasteiger partial charge is 0.481 e. The van der Waals surface area contributed by atoms with Crippen LogP contribution in [0.15, 0.2) is 60.7 Å². The van der Waals surface area contributed by atoms with E-state index in [4.69, 9.17) is 44.6 Å². The molecule has 1 unspecified atom stereocenters. The van der Waals surface area contributed by atoms with Crippen molar-refractivity contribution < 1.29 is 14.6 Å². The molecule has 0 aliphatic heterocycles. The van der Waals surface area contributed by atoms with Crippen LogP contribution in [0.25, 0.3) is 0 Å². The van der Waals surface area contributed by atoms with E-state index in [2.05, 4.69) is 0 Å². The van der Waals surface area contributed by atoms with E-state index >= 15 is 0 Å². The predicted octanol–water partition coefficient (Wildman–Crippen LogP) is 6.82. The van der Waals surface area contributed by atoms with Crippen molar-refractivity contribution in [3.05, 3.63) is 98.0 Å². The van der Waals surface area contributed by atoms with Gasteiger partial charge < -0.3 is 9.84 Å². The summed E-state index contributed by atoms with van der Waals surface area (Å²) in [6.07, 6.45) is -0.513. The first-order chi connectivity index (χ1) is 12.8. The second-order valence-corrected chi connectivity index (χ2v) is 7.28. The number of aryl methyl sites for hydroxylation is 1. The lowest BCUT2D eigenvalue weighted by molar-refractivity contribution is 0.0696. The molecule has 3 nitrogen and oxygen atoms in total. The molecule has 0 radical (unpaired) electrons. The Hall–Kier alpha value is -2.20. The Kier molecular flexibility index (Phi) is 5.95. The van der Waals surface area contributed by atoms with Crippen LogP contribution in [0.1, 0.15) is 33.2 Å². The summed E-state index contributed by atoms with van der Waals surface area (Å²) in [7, 11) is 0. The van der Waals surface area contributed by atoms with Gasteiger partial charge in [0.25, 0.3) is 0 Å². The molecule has 3 aromatic carbocycles. The topological polar surface area (TPSA) is 46.5 Å². The number of halogens is 3. The van der Waals surface area contributed by atoms with Crippen LogP contribution in [0.3, 0.4) is 0 Å². The van der Waals surface area contributed by atoms with Crippen molar-refractivity contribution in [2.24, 2.45) is 0 Å². The molecule has 0 bridgehead atoms. The molecule has 138 valence electrons. The SMILES string of the molecule is Cc1cc(C(=O)O)ccc1OC(c1ccc(Cl)cc1)c1ccc(Cl)cc1Cl. The van der Waals surface area contributed by atoms with Crippen molar-refractivity contribution in [3.63, 3.8) is 0 Å². The van der Waals surface area contributed by atoms with Crippen molar-refractivity contribution in [3.8, 4) is 5.75 Å². The number of carbonyl (C=O) groups is 1. The van der Waals surface area contributed by atoms with Gasteiger partial charge in [0.15, 0.2) is 6.10 Å². The van der Waals surface area contributed by atoms with E-state index in [-0.39, 0.29) is 5.56 Å². The van der Waals surface area contributed by atoms with Gasteiger partial charge in [-0.25, -0.2) is 4.79 Å². The summed E-state index contributed by atoms with van der Waals surface area (Å²) >= 11 is 18.4. The second kappa shape index (κ2) is 8.22. The van der Waals surface area contributed by atoms with E-state index in [9.17, 15) is 4.79 Å². The molecule has 1 atom stereocenters. The zero-order valence-electron chi connectivity index (χ0n) is 14.2. The third-order valence-corrected chi connectivity index (χ3v) is 4.90. The van der Waals surface area contributed by atoms with Gasteiger partial charge in [-0.05, 0) is 60.5 Å². The Morgan fingerprint density at radius 3 is 2.19 bits per heavy atom. The van der Waals surface area contributed by atoms with Crippen LogP contribution in [0, 0.1) is 6.92 Å². The number of hydrogen-bond acceptors (Lipinski definition) is 2. The highest BCUT2D eigenvalue weighted by molar-refractivity contribution is 6.35. The Balaban J connectivity index is 2.05. The monoisotopic (exact) mass is 420 g/mol. The van der Waals surface area contributed by atoms with Crippen molar-refractivity contribution in [1.29, 1.82) is 0 Å². The quantitative estimate of drug-likeness (QED) is 0.491. The molecule has 0 saturated carbocycles. The molecule has 3 rings (SSSR count). The van der Waals surface area contributed by atoms with Crippen LogP contribution in [-0.4, -0.2) is 11.1 Å². The molecule has 0 heterocycles. The maximum absolute atomic E-state index is 11.2. The lowest BCUT2D eigenvalue weighted by Crippen LogP contribution is -2.11. The molecule has 0 amide bonds. The van der Waals surface area contributed by atoms with Gasteiger partial charge in [-0.15, -0.1) is 0 Å². The summed E-state index contributed by atoms with van der Waals surface area (Å²) in [5.74, 6) is -0.425. The molecule has 0 aliphatic carbocycles. The minimum Gasteiger partial charge on any atom is -0.481 e. The molecule has 0 aliphatic rings. The standard InChI is InChI=1S/C21H15Cl3O3/c1-12-10-14(21(25)26)4-9-19(12)27-20(13-2-5-15(22)6-3-13)17-8-7-16(23)11-18(17)24/h2-11,20H,1H3,(H,25,26). The lowest BCUT2D eigenvalue weighted by Gasteiger charge is -2.22. The van der Waals surface area contributed by atoms with Crippen LogP contribution < -0.4 is 4.74 Å². The van der Waals surface area contributed by atoms with E-state index in [0.29, 0.717) is 26.4 Å². The normalized spacial score (nSPS) is 11.9. The Bertz CT molecular complexity index is 984. The fraction of sp³-hybridized carbons (Fsp3) is 0.0952. The van der Waals surface area contributed by atoms with E-state index in [1.54, 1.807) is 43.3 Å². The molecule has 6 heteroatoms. The van der Waals surface area contributed by atoms with Gasteiger partial charge in [0.1, 0.15) is 5.75 Å². The minimum absolute atomic E-state index is 0.201. The third kappa shape index (κ3) is 4.56. The van der Waals surface area contributed by atoms with E-state index in [0.717, 1.165) is 11.1 Å². The lowest BCUT2D eigenvalue weighted by atomic mass is 10.0. The highest BCUT2D eigenvalue weighted by atomic mass is 35.5. The van der Waals surface area contributed by atoms with Gasteiger partial charge in [-0.1, -0.05) is 53.0 Å². The molecule has 0 aromatic heterocycles. The van der Waals surface area contributed by atoms with Crippen molar-refractivity contribution in [1.82, 2.24) is 0 Å². The molecule has 0 spiro atoms. The Labute approximate surface area is 172 Å². The summed E-state index contributed by atoms with van der Waals surface area (Å²) < 4.78 is 6.25. The number of aromatic carboxylic acids is 1. The zero-order chi connectivity index (χ0) is 19.6. The third-order valence-electron chi connectivity index (χ3n) is 4.08. The molecule has 0 fully saturated rings. The minimum atomic E-state index is -0.986. The number of carboxylic acid groups (broad SMARTS) is 1. The van der Waals surface area contributed by atoms with Crippen LogP contribution in [0.2, 0.25) is 15.1 Å². The maximum atomic E-state index is 11.2. The fourth-order valence-corrected chi connectivity index (χ4v) is 3.34. The van der Waals surface area contributed by atoms with E-state index in [1.165, 1.54) is 6.07 Å². The predicted molar refractivity (Wildman–Crippen MR) is 109 cm³/mol. The first-order valence-corrected chi connectivity index (χ1v) is 9.19. The van der Waals surface area contributed by atoms with Crippen molar-refractivity contribution in [2.45, 2.75) is 13.0 Å². The van der Waals surface area contributed by atoms with Gasteiger partial charge in [-0.3, -0.25) is 0 Å². The zero-order valence-corrected chi connectivity index (χ0v) is 16.5. The summed E-state index contributed by atoms with van der Waals surface area (Å²) in [5.41, 5.74) is 2.50. The number of hydrogen-bond donors (Lipinski definition) is 1. The molecule has 0 saturated heterocycles. The summed E-state index contributed by atoms with van der Waals surface area (Å²) in [6, 6.07) is 17.2. The second-order valence-electron chi connectivity index (χ2n) is 6.00. The first-order valence-electron chi connectivity index (χ1n) is 8.06. The summed E-state index contributed by atoms with van der Waals surface area (Å²) in [5, 5.41) is 10.8. The average Bonchev–Trinajstić information content (AvgIpc) is 2.62. The fourth-order valence-electron chi connectivity index (χ4n) is 2.70. The van der Waals surface area contributed by atoms with Crippen molar-refractivity contribution in [2.75, 3.05) is 0 Å². The molecule has 3 aromatic rings. The number of rotatable bonds is 5. The van der Waals surface area contributed by atoms with Gasteiger partial charge >= 0.3 is 5.97 Å². The summed E-state index contributed by atoms with van der Waals surface area (Å²) in [4.78, 5) is 11.2. The summed E-state index contributed by atoms with van der Waals surface area (Å²) in [6.45, 7) is 1.80.